The monoisotopic (exact) mass is 433 g/mol. The van der Waals surface area contributed by atoms with Gasteiger partial charge in [-0.2, -0.15) is 9.61 Å². The largest absolute Gasteiger partial charge is 0.497 e. The third kappa shape index (κ3) is 3.34. The lowest BCUT2D eigenvalue weighted by molar-refractivity contribution is 0.414. The number of fused-ring (bicyclic) bond motifs is 1. The van der Waals surface area contributed by atoms with E-state index in [2.05, 4.69) is 32.9 Å². The predicted octanol–water partition coefficient (Wildman–Crippen LogP) is 1.89. The number of rotatable bonds is 4. The van der Waals surface area contributed by atoms with Gasteiger partial charge < -0.3 is 15.0 Å². The summed E-state index contributed by atoms with van der Waals surface area (Å²) < 4.78 is 33.6. The third-order valence-electron chi connectivity index (χ3n) is 5.07. The van der Waals surface area contributed by atoms with Gasteiger partial charge >= 0.3 is 0 Å². The van der Waals surface area contributed by atoms with Crippen LogP contribution in [0.3, 0.4) is 0 Å². The number of aromatic nitrogens is 3. The van der Waals surface area contributed by atoms with Crippen molar-refractivity contribution in [1.29, 1.82) is 0 Å². The minimum Gasteiger partial charge on any atom is -0.497 e. The van der Waals surface area contributed by atoms with Crippen molar-refractivity contribution in [3.63, 3.8) is 0 Å². The number of hydrogen-bond donors (Lipinski definition) is 2. The molecular weight excluding hydrogens is 410 g/mol. The summed E-state index contributed by atoms with van der Waals surface area (Å²) in [6.45, 7) is 6.78. The average Bonchev–Trinajstić information content (AvgIpc) is 3.05. The summed E-state index contributed by atoms with van der Waals surface area (Å²) in [7, 11) is -2.27. The van der Waals surface area contributed by atoms with Gasteiger partial charge in [-0.25, -0.2) is 13.4 Å². The molecule has 3 heterocycles. The number of aryl methyl sites for hydroxylation is 2. The minimum absolute atomic E-state index is 0.121. The molecule has 1 aliphatic heterocycles. The van der Waals surface area contributed by atoms with Gasteiger partial charge in [0, 0.05) is 26.2 Å². The minimum atomic E-state index is -3.81. The van der Waals surface area contributed by atoms with Crippen molar-refractivity contribution in [3.8, 4) is 5.75 Å². The first kappa shape index (κ1) is 20.0. The van der Waals surface area contributed by atoms with Gasteiger partial charge in [0.1, 0.15) is 16.5 Å². The molecule has 3 aromatic rings. The van der Waals surface area contributed by atoms with Gasteiger partial charge in [0.2, 0.25) is 9.84 Å². The second-order valence-corrected chi connectivity index (χ2v) is 9.27. The van der Waals surface area contributed by atoms with E-state index in [9.17, 15) is 8.42 Å². The highest BCUT2D eigenvalue weighted by Gasteiger charge is 2.30. The Morgan fingerprint density at radius 3 is 2.38 bits per heavy atom. The van der Waals surface area contributed by atoms with Crippen molar-refractivity contribution in [2.24, 2.45) is 0 Å². The second kappa shape index (κ2) is 7.51. The number of ether oxygens (including phenoxy) is 1. The van der Waals surface area contributed by atoms with Crippen LogP contribution in [0.2, 0.25) is 0 Å². The highest BCUT2D eigenvalue weighted by molar-refractivity contribution is 7.91. The summed E-state index contributed by atoms with van der Waals surface area (Å²) in [5.41, 5.74) is 1.39. The van der Waals surface area contributed by atoms with Gasteiger partial charge in [-0.15, -0.1) is 12.6 Å². The Morgan fingerprint density at radius 1 is 1.10 bits per heavy atom. The zero-order valence-corrected chi connectivity index (χ0v) is 18.2. The summed E-state index contributed by atoms with van der Waals surface area (Å²) in [5, 5.41) is 7.88. The summed E-state index contributed by atoms with van der Waals surface area (Å²) in [4.78, 5) is 7.72. The molecule has 1 fully saturated rings. The number of sulfone groups is 1. The number of nitrogens with one attached hydrogen (secondary N) is 1. The maximum Gasteiger partial charge on any atom is 0.212 e. The lowest BCUT2D eigenvalue weighted by Crippen LogP contribution is -2.44. The molecule has 8 nitrogen and oxygen atoms in total. The van der Waals surface area contributed by atoms with Crippen molar-refractivity contribution >= 4 is 33.9 Å². The fraction of sp³-hybridized carbons (Fsp3) is 0.368. The molecule has 0 atom stereocenters. The normalized spacial score (nSPS) is 15.1. The van der Waals surface area contributed by atoms with Crippen LogP contribution in [0.1, 0.15) is 11.4 Å². The van der Waals surface area contributed by atoms with Crippen LogP contribution >= 0.6 is 12.6 Å². The molecule has 1 saturated heterocycles. The smallest absolute Gasteiger partial charge is 0.212 e. The Labute approximate surface area is 175 Å². The number of hydrogen-bond acceptors (Lipinski definition) is 8. The molecule has 0 bridgehead atoms. The fourth-order valence-corrected chi connectivity index (χ4v) is 5.39. The van der Waals surface area contributed by atoms with Gasteiger partial charge in [0.05, 0.1) is 28.3 Å². The van der Waals surface area contributed by atoms with Crippen LogP contribution in [0.25, 0.3) is 5.65 Å². The molecule has 1 aliphatic rings. The summed E-state index contributed by atoms with van der Waals surface area (Å²) >= 11 is 4.66. The Balaban J connectivity index is 1.93. The standard InChI is InChI=1S/C19H23N5O3S2/c1-12-16(28)19(23-10-8-20-9-11-23)24-18(21-12)17(13(2)22-24)29(25,26)15-6-4-14(27-3)5-7-15/h4-7,20,28H,8-11H2,1-3H3. The van der Waals surface area contributed by atoms with E-state index in [-0.39, 0.29) is 9.79 Å². The topological polar surface area (TPSA) is 88.8 Å². The van der Waals surface area contributed by atoms with Crippen molar-refractivity contribution in [1.82, 2.24) is 19.9 Å². The SMILES string of the molecule is COc1ccc(S(=O)(=O)c2c(C)nn3c(N4CCNCC4)c(S)c(C)nc23)cc1. The first-order chi connectivity index (χ1) is 13.8. The molecule has 0 amide bonds. The lowest BCUT2D eigenvalue weighted by atomic mass is 10.3. The van der Waals surface area contributed by atoms with Crippen molar-refractivity contribution in [2.75, 3.05) is 38.2 Å². The molecule has 4 rings (SSSR count). The molecule has 0 unspecified atom stereocenters. The lowest BCUT2D eigenvalue weighted by Gasteiger charge is -2.30. The third-order valence-corrected chi connectivity index (χ3v) is 7.50. The summed E-state index contributed by atoms with van der Waals surface area (Å²) in [6, 6.07) is 6.33. The highest BCUT2D eigenvalue weighted by Crippen LogP contribution is 2.34. The van der Waals surface area contributed by atoms with Gasteiger partial charge in [0.25, 0.3) is 0 Å². The first-order valence-corrected chi connectivity index (χ1v) is 11.2. The zero-order chi connectivity index (χ0) is 20.8. The van der Waals surface area contributed by atoms with Crippen LogP contribution in [-0.4, -0.2) is 56.3 Å². The van der Waals surface area contributed by atoms with Gasteiger partial charge in [-0.1, -0.05) is 0 Å². The van der Waals surface area contributed by atoms with Crippen LogP contribution in [0.15, 0.2) is 39.0 Å². The average molecular weight is 434 g/mol. The number of benzene rings is 1. The van der Waals surface area contributed by atoms with E-state index in [0.717, 1.165) is 32.0 Å². The van der Waals surface area contributed by atoms with E-state index in [1.54, 1.807) is 23.6 Å². The predicted molar refractivity (Wildman–Crippen MR) is 113 cm³/mol. The fourth-order valence-electron chi connectivity index (χ4n) is 3.57. The number of nitrogens with zero attached hydrogens (tertiary/aromatic N) is 4. The van der Waals surface area contributed by atoms with Crippen LogP contribution in [-0.2, 0) is 9.84 Å². The molecule has 0 radical (unpaired) electrons. The number of anilines is 1. The van der Waals surface area contributed by atoms with E-state index in [4.69, 9.17) is 4.74 Å². The van der Waals surface area contributed by atoms with E-state index in [1.807, 2.05) is 6.92 Å². The van der Waals surface area contributed by atoms with Gasteiger partial charge in [0.15, 0.2) is 5.65 Å². The van der Waals surface area contributed by atoms with Crippen LogP contribution in [0, 0.1) is 13.8 Å². The molecule has 154 valence electrons. The van der Waals surface area contributed by atoms with Crippen LogP contribution < -0.4 is 15.0 Å². The molecule has 0 saturated carbocycles. The van der Waals surface area contributed by atoms with E-state index in [1.165, 1.54) is 19.2 Å². The number of thiol groups is 1. The quantitative estimate of drug-likeness (QED) is 0.608. The number of methoxy groups -OCH3 is 1. The van der Waals surface area contributed by atoms with Gasteiger partial charge in [-0.05, 0) is 38.1 Å². The maximum atomic E-state index is 13.4. The van der Waals surface area contributed by atoms with Crippen molar-refractivity contribution in [2.45, 2.75) is 28.5 Å². The highest BCUT2D eigenvalue weighted by atomic mass is 32.2. The van der Waals surface area contributed by atoms with Crippen molar-refractivity contribution < 1.29 is 13.2 Å². The summed E-state index contributed by atoms with van der Waals surface area (Å²) in [5.74, 6) is 1.37. The Morgan fingerprint density at radius 2 is 1.76 bits per heavy atom. The molecule has 2 aromatic heterocycles. The number of piperazine rings is 1. The first-order valence-electron chi connectivity index (χ1n) is 9.28. The molecule has 0 aliphatic carbocycles. The molecule has 29 heavy (non-hydrogen) atoms. The zero-order valence-electron chi connectivity index (χ0n) is 16.5. The summed E-state index contributed by atoms with van der Waals surface area (Å²) in [6.07, 6.45) is 0. The second-order valence-electron chi connectivity index (χ2n) is 6.94. The van der Waals surface area contributed by atoms with E-state index >= 15 is 0 Å². The molecule has 1 aromatic carbocycles. The molecular formula is C19H23N5O3S2. The van der Waals surface area contributed by atoms with Crippen LogP contribution in [0.5, 0.6) is 5.75 Å². The van der Waals surface area contributed by atoms with Crippen molar-refractivity contribution in [3.05, 3.63) is 35.7 Å². The Hall–Kier alpha value is -2.30. The van der Waals surface area contributed by atoms with Gasteiger partial charge in [-0.3, -0.25) is 0 Å². The molecule has 10 heteroatoms. The Bertz CT molecular complexity index is 1170. The molecule has 1 N–H and O–H groups in total. The maximum absolute atomic E-state index is 13.4. The van der Waals surface area contributed by atoms with E-state index < -0.39 is 9.84 Å². The Kier molecular flexibility index (Phi) is 5.18. The van der Waals surface area contributed by atoms with E-state index in [0.29, 0.717) is 27.7 Å². The molecule has 0 spiro atoms. The van der Waals surface area contributed by atoms with Crippen LogP contribution in [0.4, 0.5) is 5.82 Å².